The highest BCUT2D eigenvalue weighted by atomic mass is 32.1. The quantitative estimate of drug-likeness (QED) is 0.836. The number of nitrogens with one attached hydrogen (secondary N) is 1. The number of aromatic nitrogens is 3. The van der Waals surface area contributed by atoms with E-state index in [2.05, 4.69) is 33.6 Å². The molecule has 0 spiro atoms. The molecule has 3 heterocycles. The van der Waals surface area contributed by atoms with Gasteiger partial charge in [-0.2, -0.15) is 5.10 Å². The molecular formula is C13H22N4S. The summed E-state index contributed by atoms with van der Waals surface area (Å²) in [7, 11) is 2.29. The van der Waals surface area contributed by atoms with Crippen molar-refractivity contribution in [3.63, 3.8) is 0 Å². The third-order valence-electron chi connectivity index (χ3n) is 4.77. The maximum atomic E-state index is 5.41. The molecule has 0 amide bonds. The van der Waals surface area contributed by atoms with Crippen LogP contribution in [-0.4, -0.2) is 38.8 Å². The van der Waals surface area contributed by atoms with Gasteiger partial charge in [0.1, 0.15) is 5.82 Å². The average Bonchev–Trinajstić information content (AvgIpc) is 2.70. The van der Waals surface area contributed by atoms with E-state index in [0.717, 1.165) is 29.1 Å². The number of H-pyrrole nitrogens is 1. The van der Waals surface area contributed by atoms with E-state index in [9.17, 15) is 0 Å². The minimum absolute atomic E-state index is 0.553. The van der Waals surface area contributed by atoms with E-state index >= 15 is 0 Å². The van der Waals surface area contributed by atoms with Gasteiger partial charge in [-0.15, -0.1) is 0 Å². The predicted octanol–water partition coefficient (Wildman–Crippen LogP) is 2.69. The molecule has 2 unspecified atom stereocenters. The normalized spacial score (nSPS) is 32.7. The Balaban J connectivity index is 1.89. The van der Waals surface area contributed by atoms with Crippen LogP contribution >= 0.6 is 12.2 Å². The Bertz CT molecular complexity index is 464. The first-order valence-electron chi connectivity index (χ1n) is 7.08. The molecule has 5 heteroatoms. The van der Waals surface area contributed by atoms with Gasteiger partial charge in [-0.1, -0.05) is 13.3 Å². The van der Waals surface area contributed by atoms with Crippen molar-refractivity contribution < 1.29 is 0 Å². The lowest BCUT2D eigenvalue weighted by molar-refractivity contribution is 0.0389. The van der Waals surface area contributed by atoms with Crippen LogP contribution in [0.5, 0.6) is 0 Å². The lowest BCUT2D eigenvalue weighted by Crippen LogP contribution is -2.50. The van der Waals surface area contributed by atoms with Gasteiger partial charge >= 0.3 is 0 Å². The number of fused-ring (bicyclic) bond motifs is 2. The van der Waals surface area contributed by atoms with E-state index in [4.69, 9.17) is 12.2 Å². The second-order valence-corrected chi connectivity index (χ2v) is 6.08. The molecule has 1 aromatic heterocycles. The first kappa shape index (κ1) is 12.4. The van der Waals surface area contributed by atoms with Gasteiger partial charge in [-0.3, -0.25) is 5.10 Å². The van der Waals surface area contributed by atoms with E-state index in [-0.39, 0.29) is 0 Å². The highest BCUT2D eigenvalue weighted by Gasteiger charge is 2.37. The second-order valence-electron chi connectivity index (χ2n) is 5.70. The number of hydrogen-bond donors (Lipinski definition) is 1. The first-order valence-corrected chi connectivity index (χ1v) is 7.49. The Hall–Kier alpha value is -0.680. The summed E-state index contributed by atoms with van der Waals surface area (Å²) >= 11 is 5.41. The zero-order valence-corrected chi connectivity index (χ0v) is 12.0. The largest absolute Gasteiger partial charge is 0.301 e. The Morgan fingerprint density at radius 2 is 1.94 bits per heavy atom. The number of piperidine rings is 2. The molecule has 2 aliphatic rings. The minimum Gasteiger partial charge on any atom is -0.301 e. The smallest absolute Gasteiger partial charge is 0.195 e. The van der Waals surface area contributed by atoms with Crippen molar-refractivity contribution >= 4 is 12.2 Å². The molecule has 0 aliphatic carbocycles. The fraction of sp³-hybridized carbons (Fsp3) is 0.846. The standard InChI is InChI=1S/C13H22N4S/c1-3-12-14-15-13(18)17(12)11-7-9-5-4-6-10(8-11)16(9)2/h9-11H,3-8H2,1-2H3,(H,15,18). The van der Waals surface area contributed by atoms with Crippen LogP contribution in [0, 0.1) is 4.77 Å². The zero-order chi connectivity index (χ0) is 12.7. The van der Waals surface area contributed by atoms with Crippen LogP contribution in [0.1, 0.15) is 50.9 Å². The molecular weight excluding hydrogens is 244 g/mol. The van der Waals surface area contributed by atoms with Crippen LogP contribution < -0.4 is 0 Å². The Kier molecular flexibility index (Phi) is 3.28. The van der Waals surface area contributed by atoms with E-state index < -0.39 is 0 Å². The summed E-state index contributed by atoms with van der Waals surface area (Å²) in [6, 6.07) is 2.03. The van der Waals surface area contributed by atoms with Gasteiger partial charge < -0.3 is 9.47 Å². The van der Waals surface area contributed by atoms with E-state index in [1.54, 1.807) is 0 Å². The third kappa shape index (κ3) is 1.93. The van der Waals surface area contributed by atoms with E-state index in [1.165, 1.54) is 32.1 Å². The predicted molar refractivity (Wildman–Crippen MR) is 74.3 cm³/mol. The van der Waals surface area contributed by atoms with Gasteiger partial charge in [0.25, 0.3) is 0 Å². The molecule has 2 fully saturated rings. The number of aromatic amines is 1. The second kappa shape index (κ2) is 4.78. The van der Waals surface area contributed by atoms with Crippen molar-refractivity contribution in [2.24, 2.45) is 0 Å². The summed E-state index contributed by atoms with van der Waals surface area (Å²) < 4.78 is 3.09. The molecule has 18 heavy (non-hydrogen) atoms. The Labute approximate surface area is 113 Å². The number of nitrogens with zero attached hydrogens (tertiary/aromatic N) is 3. The molecule has 4 nitrogen and oxygen atoms in total. The molecule has 2 atom stereocenters. The summed E-state index contributed by atoms with van der Waals surface area (Å²) in [5.41, 5.74) is 0. The van der Waals surface area contributed by atoms with Crippen LogP contribution in [0.15, 0.2) is 0 Å². The number of rotatable bonds is 2. The van der Waals surface area contributed by atoms with Crippen molar-refractivity contribution in [3.8, 4) is 0 Å². The maximum Gasteiger partial charge on any atom is 0.195 e. The molecule has 0 aromatic carbocycles. The van der Waals surface area contributed by atoms with Gasteiger partial charge in [-0.25, -0.2) is 0 Å². The molecule has 2 bridgehead atoms. The van der Waals surface area contributed by atoms with E-state index in [0.29, 0.717) is 6.04 Å². The fourth-order valence-electron chi connectivity index (χ4n) is 3.76. The lowest BCUT2D eigenvalue weighted by Gasteiger charge is -2.47. The number of aryl methyl sites for hydroxylation is 1. The Morgan fingerprint density at radius 1 is 1.28 bits per heavy atom. The van der Waals surface area contributed by atoms with Crippen LogP contribution in [0.25, 0.3) is 0 Å². The first-order chi connectivity index (χ1) is 8.70. The van der Waals surface area contributed by atoms with Crippen molar-refractivity contribution in [3.05, 3.63) is 10.6 Å². The van der Waals surface area contributed by atoms with Gasteiger partial charge in [0.15, 0.2) is 4.77 Å². The number of hydrogen-bond acceptors (Lipinski definition) is 3. The molecule has 1 aromatic rings. The van der Waals surface area contributed by atoms with Crippen LogP contribution in [0.4, 0.5) is 0 Å². The molecule has 1 N–H and O–H groups in total. The third-order valence-corrected chi connectivity index (χ3v) is 5.06. The molecule has 0 radical (unpaired) electrons. The molecule has 2 saturated heterocycles. The highest BCUT2D eigenvalue weighted by Crippen LogP contribution is 2.38. The summed E-state index contributed by atoms with van der Waals surface area (Å²) in [6.07, 6.45) is 7.49. The van der Waals surface area contributed by atoms with Crippen LogP contribution in [0.3, 0.4) is 0 Å². The van der Waals surface area contributed by atoms with Crippen LogP contribution in [0.2, 0.25) is 0 Å². The monoisotopic (exact) mass is 266 g/mol. The van der Waals surface area contributed by atoms with Crippen molar-refractivity contribution in [1.82, 2.24) is 19.7 Å². The fourth-order valence-corrected chi connectivity index (χ4v) is 4.06. The lowest BCUT2D eigenvalue weighted by atomic mass is 9.82. The van der Waals surface area contributed by atoms with Gasteiger partial charge in [-0.05, 0) is 44.9 Å². The Morgan fingerprint density at radius 3 is 2.56 bits per heavy atom. The van der Waals surface area contributed by atoms with Crippen molar-refractivity contribution in [2.45, 2.75) is 63.6 Å². The van der Waals surface area contributed by atoms with Gasteiger partial charge in [0.05, 0.1) is 0 Å². The van der Waals surface area contributed by atoms with Crippen molar-refractivity contribution in [1.29, 1.82) is 0 Å². The highest BCUT2D eigenvalue weighted by molar-refractivity contribution is 7.71. The minimum atomic E-state index is 0.553. The SMILES string of the molecule is CCc1n[nH]c(=S)n1C1CC2CCCC(C1)N2C. The molecule has 2 aliphatic heterocycles. The average molecular weight is 266 g/mol. The molecule has 3 rings (SSSR count). The van der Waals surface area contributed by atoms with Gasteiger partial charge in [0.2, 0.25) is 0 Å². The van der Waals surface area contributed by atoms with Crippen LogP contribution in [-0.2, 0) is 6.42 Å². The summed E-state index contributed by atoms with van der Waals surface area (Å²) in [5.74, 6) is 1.12. The maximum absolute atomic E-state index is 5.41. The van der Waals surface area contributed by atoms with E-state index in [1.807, 2.05) is 0 Å². The topological polar surface area (TPSA) is 36.9 Å². The van der Waals surface area contributed by atoms with Gasteiger partial charge in [0, 0.05) is 24.5 Å². The van der Waals surface area contributed by atoms with Crippen molar-refractivity contribution in [2.75, 3.05) is 7.05 Å². The molecule has 0 saturated carbocycles. The summed E-state index contributed by atoms with van der Waals surface area (Å²) in [4.78, 5) is 2.59. The summed E-state index contributed by atoms with van der Waals surface area (Å²) in [5, 5.41) is 7.32. The summed E-state index contributed by atoms with van der Waals surface area (Å²) in [6.45, 7) is 2.15. The zero-order valence-electron chi connectivity index (χ0n) is 11.2. The molecule has 100 valence electrons.